The maximum Gasteiger partial charge on any atom is 0.123 e. The summed E-state index contributed by atoms with van der Waals surface area (Å²) in [7, 11) is 2.14. The average Bonchev–Trinajstić information content (AvgIpc) is 2.04. The lowest BCUT2D eigenvalue weighted by Crippen LogP contribution is -2.55. The minimum atomic E-state index is 0.278. The Morgan fingerprint density at radius 2 is 1.92 bits per heavy atom. The molecule has 3 nitrogen and oxygen atoms in total. The number of morpholine rings is 1. The van der Waals surface area contributed by atoms with Crippen LogP contribution in [0.15, 0.2) is 0 Å². The average molecular weight is 169 g/mol. The maximum absolute atomic E-state index is 10.6. The van der Waals surface area contributed by atoms with Gasteiger partial charge in [-0.2, -0.15) is 0 Å². The highest BCUT2D eigenvalue weighted by Gasteiger charge is 2.36. The quantitative estimate of drug-likeness (QED) is 0.528. The Balaban J connectivity index is 2.07. The summed E-state index contributed by atoms with van der Waals surface area (Å²) in [5, 5.41) is 0. The van der Waals surface area contributed by atoms with Crippen molar-refractivity contribution in [1.82, 2.24) is 4.90 Å². The largest absolute Gasteiger partial charge is 0.378 e. The predicted octanol–water partition coefficient (Wildman–Crippen LogP) is 0.294. The molecule has 2 atom stereocenters. The highest BCUT2D eigenvalue weighted by molar-refractivity contribution is 5.54. The van der Waals surface area contributed by atoms with Gasteiger partial charge in [-0.15, -0.1) is 0 Å². The molecule has 0 aromatic rings. The monoisotopic (exact) mass is 169 g/mol. The highest BCUT2D eigenvalue weighted by atomic mass is 16.5. The van der Waals surface area contributed by atoms with Gasteiger partial charge >= 0.3 is 0 Å². The van der Waals surface area contributed by atoms with Gasteiger partial charge in [0.15, 0.2) is 0 Å². The van der Waals surface area contributed by atoms with E-state index >= 15 is 0 Å². The van der Waals surface area contributed by atoms with Gasteiger partial charge in [-0.1, -0.05) is 0 Å². The number of hydrogen-bond donors (Lipinski definition) is 0. The van der Waals surface area contributed by atoms with E-state index in [4.69, 9.17) is 4.74 Å². The molecule has 0 amide bonds. The van der Waals surface area contributed by atoms with E-state index in [9.17, 15) is 4.79 Å². The Hall–Kier alpha value is -0.410. The van der Waals surface area contributed by atoms with Gasteiger partial charge in [-0.05, 0) is 19.9 Å². The van der Waals surface area contributed by atoms with Crippen LogP contribution in [0.1, 0.15) is 12.8 Å². The molecule has 0 radical (unpaired) electrons. The summed E-state index contributed by atoms with van der Waals surface area (Å²) >= 11 is 0. The van der Waals surface area contributed by atoms with E-state index in [2.05, 4.69) is 11.9 Å². The van der Waals surface area contributed by atoms with Gasteiger partial charge in [-0.3, -0.25) is 4.90 Å². The standard InChI is InChI=1S/C9H15NO2/c1-10-8-2-7(4-11)3-9(10)6-12-5-8/h4,7-9H,2-3,5-6H2,1H3. The first kappa shape index (κ1) is 8.20. The first-order valence-electron chi connectivity index (χ1n) is 4.56. The molecule has 2 aliphatic heterocycles. The Kier molecular flexibility index (Phi) is 2.15. The van der Waals surface area contributed by atoms with Gasteiger partial charge in [-0.25, -0.2) is 0 Å². The van der Waals surface area contributed by atoms with Crippen LogP contribution in [0.5, 0.6) is 0 Å². The number of carbonyl (C=O) groups excluding carboxylic acids is 1. The lowest BCUT2D eigenvalue weighted by Gasteiger charge is -2.45. The Bertz CT molecular complexity index is 169. The summed E-state index contributed by atoms with van der Waals surface area (Å²) in [5.74, 6) is 0.278. The number of carbonyl (C=O) groups is 1. The lowest BCUT2D eigenvalue weighted by atomic mass is 9.86. The number of nitrogens with zero attached hydrogens (tertiary/aromatic N) is 1. The Labute approximate surface area is 72.7 Å². The zero-order valence-electron chi connectivity index (χ0n) is 7.40. The molecular formula is C9H15NO2. The van der Waals surface area contributed by atoms with E-state index in [1.165, 1.54) is 0 Å². The van der Waals surface area contributed by atoms with Crippen LogP contribution in [-0.4, -0.2) is 43.5 Å². The van der Waals surface area contributed by atoms with E-state index in [1.54, 1.807) is 0 Å². The second kappa shape index (κ2) is 3.15. The molecule has 0 N–H and O–H groups in total. The van der Waals surface area contributed by atoms with Crippen LogP contribution in [-0.2, 0) is 9.53 Å². The molecule has 2 fully saturated rings. The zero-order valence-corrected chi connectivity index (χ0v) is 7.40. The molecule has 68 valence electrons. The second-order valence-corrected chi connectivity index (χ2v) is 3.88. The first-order valence-corrected chi connectivity index (χ1v) is 4.56. The molecule has 0 aliphatic carbocycles. The topological polar surface area (TPSA) is 29.5 Å². The molecule has 0 aromatic carbocycles. The summed E-state index contributed by atoms with van der Waals surface area (Å²) in [6.07, 6.45) is 3.07. The van der Waals surface area contributed by atoms with Crippen LogP contribution in [0.4, 0.5) is 0 Å². The van der Waals surface area contributed by atoms with Gasteiger partial charge < -0.3 is 9.53 Å². The van der Waals surface area contributed by atoms with Crippen molar-refractivity contribution >= 4 is 6.29 Å². The molecule has 2 unspecified atom stereocenters. The lowest BCUT2D eigenvalue weighted by molar-refractivity contribution is -0.119. The van der Waals surface area contributed by atoms with Crippen molar-refractivity contribution in [3.63, 3.8) is 0 Å². The number of piperidine rings is 1. The molecule has 0 spiro atoms. The third-order valence-electron chi connectivity index (χ3n) is 3.11. The summed E-state index contributed by atoms with van der Waals surface area (Å²) in [6, 6.07) is 0.959. The smallest absolute Gasteiger partial charge is 0.123 e. The van der Waals surface area contributed by atoms with Crippen LogP contribution < -0.4 is 0 Å². The van der Waals surface area contributed by atoms with Crippen molar-refractivity contribution in [3.05, 3.63) is 0 Å². The van der Waals surface area contributed by atoms with Crippen LogP contribution in [0.2, 0.25) is 0 Å². The molecule has 2 heterocycles. The third-order valence-corrected chi connectivity index (χ3v) is 3.11. The minimum Gasteiger partial charge on any atom is -0.378 e. The number of aldehydes is 1. The molecule has 2 bridgehead atoms. The van der Waals surface area contributed by atoms with Crippen LogP contribution in [0, 0.1) is 5.92 Å². The summed E-state index contributed by atoms with van der Waals surface area (Å²) < 4.78 is 5.44. The fourth-order valence-electron chi connectivity index (χ4n) is 2.25. The Morgan fingerprint density at radius 3 is 2.42 bits per heavy atom. The molecule has 12 heavy (non-hydrogen) atoms. The Morgan fingerprint density at radius 1 is 1.33 bits per heavy atom. The molecule has 0 saturated carbocycles. The molecule has 2 saturated heterocycles. The molecular weight excluding hydrogens is 154 g/mol. The van der Waals surface area contributed by atoms with Gasteiger partial charge in [0.05, 0.1) is 13.2 Å². The summed E-state index contributed by atoms with van der Waals surface area (Å²) in [5.41, 5.74) is 0. The van der Waals surface area contributed by atoms with E-state index in [-0.39, 0.29) is 5.92 Å². The fourth-order valence-corrected chi connectivity index (χ4v) is 2.25. The maximum atomic E-state index is 10.6. The van der Waals surface area contributed by atoms with Gasteiger partial charge in [0.2, 0.25) is 0 Å². The van der Waals surface area contributed by atoms with Crippen LogP contribution in [0.25, 0.3) is 0 Å². The van der Waals surface area contributed by atoms with Crippen molar-refractivity contribution in [2.75, 3.05) is 20.3 Å². The molecule has 0 aromatic heterocycles. The number of likely N-dealkylation sites (N-methyl/N-ethyl adjacent to an activating group) is 1. The first-order chi connectivity index (χ1) is 5.81. The van der Waals surface area contributed by atoms with Crippen molar-refractivity contribution in [2.45, 2.75) is 24.9 Å². The van der Waals surface area contributed by atoms with Gasteiger partial charge in [0.25, 0.3) is 0 Å². The number of ether oxygens (including phenoxy) is 1. The fraction of sp³-hybridized carbons (Fsp3) is 0.889. The van der Waals surface area contributed by atoms with Crippen LogP contribution in [0.3, 0.4) is 0 Å². The predicted molar refractivity (Wildman–Crippen MR) is 44.9 cm³/mol. The third kappa shape index (κ3) is 1.27. The number of hydrogen-bond acceptors (Lipinski definition) is 3. The van der Waals surface area contributed by atoms with Crippen molar-refractivity contribution < 1.29 is 9.53 Å². The second-order valence-electron chi connectivity index (χ2n) is 3.88. The summed E-state index contributed by atoms with van der Waals surface area (Å²) in [4.78, 5) is 13.0. The minimum absolute atomic E-state index is 0.278. The molecule has 3 heteroatoms. The molecule has 2 aliphatic rings. The van der Waals surface area contributed by atoms with Crippen molar-refractivity contribution in [1.29, 1.82) is 0 Å². The number of fused-ring (bicyclic) bond motifs is 2. The van der Waals surface area contributed by atoms with Crippen molar-refractivity contribution in [3.8, 4) is 0 Å². The highest BCUT2D eigenvalue weighted by Crippen LogP contribution is 2.28. The van der Waals surface area contributed by atoms with Gasteiger partial charge in [0.1, 0.15) is 6.29 Å². The number of rotatable bonds is 1. The van der Waals surface area contributed by atoms with E-state index in [1.807, 2.05) is 0 Å². The van der Waals surface area contributed by atoms with E-state index < -0.39 is 0 Å². The van der Waals surface area contributed by atoms with E-state index in [0.29, 0.717) is 12.1 Å². The van der Waals surface area contributed by atoms with Crippen LogP contribution >= 0.6 is 0 Å². The zero-order chi connectivity index (χ0) is 8.55. The SMILES string of the molecule is CN1C2COCC1CC(C=O)C2. The summed E-state index contributed by atoms with van der Waals surface area (Å²) in [6.45, 7) is 1.61. The van der Waals surface area contributed by atoms with E-state index in [0.717, 1.165) is 32.3 Å². The normalized spacial score (nSPS) is 42.6. The van der Waals surface area contributed by atoms with Crippen molar-refractivity contribution in [2.24, 2.45) is 5.92 Å². The van der Waals surface area contributed by atoms with Gasteiger partial charge in [0, 0.05) is 18.0 Å². The molecule has 2 rings (SSSR count).